The first-order chi connectivity index (χ1) is 10.6. The van der Waals surface area contributed by atoms with E-state index in [1.807, 2.05) is 24.3 Å². The monoisotopic (exact) mass is 305 g/mol. The van der Waals surface area contributed by atoms with Gasteiger partial charge >= 0.3 is 11.9 Å². The summed E-state index contributed by atoms with van der Waals surface area (Å²) in [7, 11) is 2.50. The van der Waals surface area contributed by atoms with Gasteiger partial charge in [-0.1, -0.05) is 31.9 Å². The molecule has 0 aliphatic carbocycles. The predicted octanol–water partition coefficient (Wildman–Crippen LogP) is 3.06. The van der Waals surface area contributed by atoms with Gasteiger partial charge in [0.2, 0.25) is 0 Å². The molecule has 0 aliphatic heterocycles. The third-order valence-electron chi connectivity index (χ3n) is 3.17. The second-order valence-electron chi connectivity index (χ2n) is 4.85. The van der Waals surface area contributed by atoms with Crippen molar-refractivity contribution in [1.29, 1.82) is 0 Å². The van der Waals surface area contributed by atoms with Crippen LogP contribution in [0.25, 0.3) is 0 Å². The Hall–Kier alpha value is -2.30. The van der Waals surface area contributed by atoms with E-state index in [2.05, 4.69) is 21.7 Å². The van der Waals surface area contributed by atoms with Gasteiger partial charge in [0.15, 0.2) is 0 Å². The Kier molecular flexibility index (Phi) is 7.75. The summed E-state index contributed by atoms with van der Waals surface area (Å²) in [6.07, 6.45) is 5.69. The van der Waals surface area contributed by atoms with Crippen molar-refractivity contribution < 1.29 is 19.1 Å². The summed E-state index contributed by atoms with van der Waals surface area (Å²) in [4.78, 5) is 22.9. The molecule has 120 valence electrons. The lowest BCUT2D eigenvalue weighted by Crippen LogP contribution is -2.15. The molecule has 0 amide bonds. The average molecular weight is 305 g/mol. The lowest BCUT2D eigenvalue weighted by Gasteiger charge is -2.09. The van der Waals surface area contributed by atoms with Gasteiger partial charge in [-0.15, -0.1) is 0 Å². The van der Waals surface area contributed by atoms with Crippen LogP contribution in [0.2, 0.25) is 0 Å². The summed E-state index contributed by atoms with van der Waals surface area (Å²) in [6.45, 7) is 2.18. The van der Waals surface area contributed by atoms with Gasteiger partial charge in [-0.2, -0.15) is 0 Å². The smallest absolute Gasteiger partial charge is 0.354 e. The molecule has 0 atom stereocenters. The molecular formula is C17H23NO4. The van der Waals surface area contributed by atoms with Crippen molar-refractivity contribution in [3.05, 3.63) is 41.6 Å². The third-order valence-corrected chi connectivity index (χ3v) is 3.17. The molecule has 0 heterocycles. The van der Waals surface area contributed by atoms with Crippen LogP contribution in [-0.4, -0.2) is 26.2 Å². The molecule has 0 aliphatic rings. The van der Waals surface area contributed by atoms with Gasteiger partial charge < -0.3 is 14.8 Å². The maximum Gasteiger partial charge on any atom is 0.354 e. The molecule has 1 aromatic rings. The summed E-state index contributed by atoms with van der Waals surface area (Å²) >= 11 is 0. The number of hydrogen-bond acceptors (Lipinski definition) is 5. The summed E-state index contributed by atoms with van der Waals surface area (Å²) in [5.41, 5.74) is 1.99. The summed E-state index contributed by atoms with van der Waals surface area (Å²) < 4.78 is 9.17. The highest BCUT2D eigenvalue weighted by Gasteiger charge is 2.12. The van der Waals surface area contributed by atoms with E-state index in [1.54, 1.807) is 0 Å². The number of hydrogen-bond donors (Lipinski definition) is 1. The molecule has 0 spiro atoms. The zero-order valence-corrected chi connectivity index (χ0v) is 13.3. The van der Waals surface area contributed by atoms with E-state index in [4.69, 9.17) is 0 Å². The molecule has 0 saturated heterocycles. The number of esters is 2. The van der Waals surface area contributed by atoms with E-state index in [9.17, 15) is 9.59 Å². The average Bonchev–Trinajstić information content (AvgIpc) is 2.55. The Balaban J connectivity index is 2.75. The molecule has 1 aromatic carbocycles. The number of ether oxygens (including phenoxy) is 2. The molecule has 0 unspecified atom stereocenters. The highest BCUT2D eigenvalue weighted by atomic mass is 16.5. The second-order valence-corrected chi connectivity index (χ2v) is 4.85. The Morgan fingerprint density at radius 2 is 1.77 bits per heavy atom. The topological polar surface area (TPSA) is 64.6 Å². The van der Waals surface area contributed by atoms with Gasteiger partial charge in [0, 0.05) is 5.69 Å². The van der Waals surface area contributed by atoms with Crippen molar-refractivity contribution >= 4 is 17.6 Å². The number of unbranched alkanes of at least 4 members (excludes halogenated alkanes) is 2. The largest absolute Gasteiger partial charge is 0.466 e. The van der Waals surface area contributed by atoms with E-state index < -0.39 is 11.9 Å². The first kappa shape index (κ1) is 17.8. The van der Waals surface area contributed by atoms with Crippen molar-refractivity contribution in [2.24, 2.45) is 0 Å². The van der Waals surface area contributed by atoms with E-state index in [0.29, 0.717) is 5.69 Å². The van der Waals surface area contributed by atoms with E-state index >= 15 is 0 Å². The van der Waals surface area contributed by atoms with Gasteiger partial charge in [-0.25, -0.2) is 9.59 Å². The third kappa shape index (κ3) is 5.99. The number of aryl methyl sites for hydroxylation is 1. The maximum atomic E-state index is 11.6. The molecule has 1 N–H and O–H groups in total. The van der Waals surface area contributed by atoms with E-state index in [-0.39, 0.29) is 5.70 Å². The van der Waals surface area contributed by atoms with Crippen LogP contribution in [0.15, 0.2) is 36.0 Å². The maximum absolute atomic E-state index is 11.6. The summed E-state index contributed by atoms with van der Waals surface area (Å²) in [5.74, 6) is -1.25. The van der Waals surface area contributed by atoms with Crippen LogP contribution in [0, 0.1) is 0 Å². The minimum absolute atomic E-state index is 0.0353. The van der Waals surface area contributed by atoms with Crippen LogP contribution in [-0.2, 0) is 25.5 Å². The second kappa shape index (κ2) is 9.60. The Morgan fingerprint density at radius 3 is 2.32 bits per heavy atom. The SMILES string of the molecule is CCCCCc1ccc(N/C(=C/C(=O)OC)C(=O)OC)cc1. The molecule has 0 radical (unpaired) electrons. The first-order valence-corrected chi connectivity index (χ1v) is 7.34. The molecule has 5 heteroatoms. The molecule has 0 fully saturated rings. The zero-order valence-electron chi connectivity index (χ0n) is 13.3. The van der Waals surface area contributed by atoms with E-state index in [1.165, 1.54) is 39.0 Å². The minimum Gasteiger partial charge on any atom is -0.466 e. The van der Waals surface area contributed by atoms with Crippen molar-refractivity contribution in [3.8, 4) is 0 Å². The van der Waals surface area contributed by atoms with Crippen LogP contribution in [0.5, 0.6) is 0 Å². The molecule has 22 heavy (non-hydrogen) atoms. The minimum atomic E-state index is -0.627. The quantitative estimate of drug-likeness (QED) is 0.454. The highest BCUT2D eigenvalue weighted by Crippen LogP contribution is 2.15. The first-order valence-electron chi connectivity index (χ1n) is 7.34. The van der Waals surface area contributed by atoms with Gasteiger partial charge in [0.25, 0.3) is 0 Å². The van der Waals surface area contributed by atoms with Crippen LogP contribution >= 0.6 is 0 Å². The summed E-state index contributed by atoms with van der Waals surface area (Å²) in [6, 6.07) is 7.75. The van der Waals surface area contributed by atoms with Crippen LogP contribution in [0.4, 0.5) is 5.69 Å². The molecule has 0 aromatic heterocycles. The zero-order chi connectivity index (χ0) is 16.4. The lowest BCUT2D eigenvalue weighted by atomic mass is 10.1. The van der Waals surface area contributed by atoms with E-state index in [0.717, 1.165) is 12.5 Å². The van der Waals surface area contributed by atoms with Gasteiger partial charge in [0.1, 0.15) is 5.70 Å². The fraction of sp³-hybridized carbons (Fsp3) is 0.412. The van der Waals surface area contributed by atoms with Gasteiger partial charge in [0.05, 0.1) is 20.3 Å². The van der Waals surface area contributed by atoms with Crippen molar-refractivity contribution in [1.82, 2.24) is 0 Å². The molecule has 5 nitrogen and oxygen atoms in total. The van der Waals surface area contributed by atoms with Crippen molar-refractivity contribution in [2.75, 3.05) is 19.5 Å². The fourth-order valence-electron chi connectivity index (χ4n) is 1.92. The van der Waals surface area contributed by atoms with Crippen LogP contribution in [0.3, 0.4) is 0 Å². The normalized spacial score (nSPS) is 11.0. The Morgan fingerprint density at radius 1 is 1.09 bits per heavy atom. The standard InChI is InChI=1S/C17H23NO4/c1-4-5-6-7-13-8-10-14(11-9-13)18-15(17(20)22-3)12-16(19)21-2/h8-12,18H,4-7H2,1-3H3/b15-12+. The Labute approximate surface area is 131 Å². The molecule has 1 rings (SSSR count). The molecule has 0 saturated carbocycles. The molecular weight excluding hydrogens is 282 g/mol. The van der Waals surface area contributed by atoms with Crippen LogP contribution < -0.4 is 5.32 Å². The number of nitrogens with one attached hydrogen (secondary N) is 1. The highest BCUT2D eigenvalue weighted by molar-refractivity contribution is 5.98. The number of rotatable bonds is 8. The van der Waals surface area contributed by atoms with Crippen molar-refractivity contribution in [3.63, 3.8) is 0 Å². The Bertz CT molecular complexity index is 520. The lowest BCUT2D eigenvalue weighted by molar-refractivity contribution is -0.138. The van der Waals surface area contributed by atoms with Gasteiger partial charge in [-0.05, 0) is 30.5 Å². The number of carbonyl (C=O) groups excluding carboxylic acids is 2. The summed E-state index contributed by atoms with van der Waals surface area (Å²) in [5, 5.41) is 2.88. The fourth-order valence-corrected chi connectivity index (χ4v) is 1.92. The van der Waals surface area contributed by atoms with Crippen LogP contribution in [0.1, 0.15) is 31.7 Å². The van der Waals surface area contributed by atoms with Crippen molar-refractivity contribution in [2.45, 2.75) is 32.6 Å². The number of benzene rings is 1. The number of anilines is 1. The predicted molar refractivity (Wildman–Crippen MR) is 85.4 cm³/mol. The number of carbonyl (C=O) groups is 2. The number of methoxy groups -OCH3 is 2. The van der Waals surface area contributed by atoms with Gasteiger partial charge in [-0.3, -0.25) is 0 Å². The molecule has 0 bridgehead atoms.